The Balaban J connectivity index is 2.22. The van der Waals surface area contributed by atoms with Crippen molar-refractivity contribution in [3.8, 4) is 0 Å². The summed E-state index contributed by atoms with van der Waals surface area (Å²) >= 11 is 0. The zero-order valence-electron chi connectivity index (χ0n) is 11.9. The topological polar surface area (TPSA) is 117 Å². The van der Waals surface area contributed by atoms with E-state index < -0.39 is 10.9 Å². The number of nitrogens with one attached hydrogen (secondary N) is 1. The van der Waals surface area contributed by atoms with E-state index in [0.29, 0.717) is 29.4 Å². The van der Waals surface area contributed by atoms with Crippen LogP contribution in [-0.2, 0) is 4.79 Å². The van der Waals surface area contributed by atoms with Gasteiger partial charge in [-0.3, -0.25) is 19.7 Å². The van der Waals surface area contributed by atoms with Crippen molar-refractivity contribution in [3.05, 3.63) is 40.1 Å². The van der Waals surface area contributed by atoms with Crippen LogP contribution in [0.3, 0.4) is 0 Å². The van der Waals surface area contributed by atoms with Gasteiger partial charge < -0.3 is 15.0 Å². The standard InChI is InChI=1S/C14H15N3O5/c1-16(6-2-3-13(18)19)14(20)11-8-15-12-5-4-9(17(21)22)7-10(11)12/h4-5,7-8,15H,2-3,6H2,1H3,(H,18,19). The molecule has 2 rings (SSSR count). The van der Waals surface area contributed by atoms with E-state index >= 15 is 0 Å². The van der Waals surface area contributed by atoms with Gasteiger partial charge in [-0.05, 0) is 12.5 Å². The van der Waals surface area contributed by atoms with Crippen LogP contribution < -0.4 is 0 Å². The molecule has 0 aliphatic carbocycles. The molecule has 0 radical (unpaired) electrons. The maximum absolute atomic E-state index is 12.4. The van der Waals surface area contributed by atoms with Crippen LogP contribution in [0.1, 0.15) is 23.2 Å². The number of fused-ring (bicyclic) bond motifs is 1. The first-order valence-corrected chi connectivity index (χ1v) is 6.63. The molecule has 0 fully saturated rings. The summed E-state index contributed by atoms with van der Waals surface area (Å²) in [6.45, 7) is 0.298. The number of carbonyl (C=O) groups excluding carboxylic acids is 1. The Morgan fingerprint density at radius 3 is 2.77 bits per heavy atom. The summed E-state index contributed by atoms with van der Waals surface area (Å²) in [5.41, 5.74) is 0.874. The van der Waals surface area contributed by atoms with Crippen LogP contribution in [0.5, 0.6) is 0 Å². The van der Waals surface area contributed by atoms with E-state index in [0.717, 1.165) is 0 Å². The number of aromatic nitrogens is 1. The number of carbonyl (C=O) groups is 2. The highest BCUT2D eigenvalue weighted by atomic mass is 16.6. The van der Waals surface area contributed by atoms with Crippen molar-refractivity contribution >= 4 is 28.5 Å². The lowest BCUT2D eigenvalue weighted by Gasteiger charge is -2.16. The van der Waals surface area contributed by atoms with E-state index in [2.05, 4.69) is 4.98 Å². The Bertz CT molecular complexity index is 737. The van der Waals surface area contributed by atoms with Crippen LogP contribution in [0.15, 0.2) is 24.4 Å². The Morgan fingerprint density at radius 1 is 1.41 bits per heavy atom. The highest BCUT2D eigenvalue weighted by Crippen LogP contribution is 2.24. The van der Waals surface area contributed by atoms with Gasteiger partial charge in [0.25, 0.3) is 11.6 Å². The van der Waals surface area contributed by atoms with Crippen LogP contribution in [0.25, 0.3) is 10.9 Å². The largest absolute Gasteiger partial charge is 0.481 e. The number of non-ortho nitro benzene ring substituents is 1. The Hall–Kier alpha value is -2.90. The van der Waals surface area contributed by atoms with Crippen LogP contribution in [0.2, 0.25) is 0 Å². The van der Waals surface area contributed by atoms with E-state index in [4.69, 9.17) is 5.11 Å². The number of nitro groups is 1. The lowest BCUT2D eigenvalue weighted by atomic mass is 10.1. The molecule has 0 spiro atoms. The molecule has 0 aliphatic rings. The second-order valence-corrected chi connectivity index (χ2v) is 4.91. The van der Waals surface area contributed by atoms with Gasteiger partial charge in [0.15, 0.2) is 0 Å². The van der Waals surface area contributed by atoms with Crippen molar-refractivity contribution in [2.75, 3.05) is 13.6 Å². The number of benzene rings is 1. The van der Waals surface area contributed by atoms with E-state index in [1.54, 1.807) is 13.1 Å². The van der Waals surface area contributed by atoms with Gasteiger partial charge in [-0.25, -0.2) is 0 Å². The first kappa shape index (κ1) is 15.5. The van der Waals surface area contributed by atoms with Crippen molar-refractivity contribution in [3.63, 3.8) is 0 Å². The van der Waals surface area contributed by atoms with Crippen molar-refractivity contribution in [1.82, 2.24) is 9.88 Å². The molecule has 0 aliphatic heterocycles. The molecule has 2 N–H and O–H groups in total. The van der Waals surface area contributed by atoms with Crippen molar-refractivity contribution in [2.24, 2.45) is 0 Å². The van der Waals surface area contributed by atoms with E-state index in [-0.39, 0.29) is 18.0 Å². The monoisotopic (exact) mass is 305 g/mol. The molecule has 2 aromatic rings. The average Bonchev–Trinajstić information content (AvgIpc) is 2.88. The molecule has 8 nitrogen and oxygen atoms in total. The van der Waals surface area contributed by atoms with Crippen molar-refractivity contribution in [2.45, 2.75) is 12.8 Å². The van der Waals surface area contributed by atoms with E-state index in [9.17, 15) is 19.7 Å². The van der Waals surface area contributed by atoms with Gasteiger partial charge in [-0.1, -0.05) is 0 Å². The van der Waals surface area contributed by atoms with Crippen LogP contribution in [-0.4, -0.2) is 45.4 Å². The maximum Gasteiger partial charge on any atom is 0.303 e. The number of rotatable bonds is 6. The lowest BCUT2D eigenvalue weighted by Crippen LogP contribution is -2.27. The van der Waals surface area contributed by atoms with Crippen molar-refractivity contribution < 1.29 is 19.6 Å². The SMILES string of the molecule is CN(CCCC(=O)O)C(=O)c1c[nH]c2ccc([N+](=O)[O-])cc12. The van der Waals surface area contributed by atoms with Crippen LogP contribution >= 0.6 is 0 Å². The third-order valence-electron chi connectivity index (χ3n) is 3.34. The lowest BCUT2D eigenvalue weighted by molar-refractivity contribution is -0.384. The number of carboxylic acid groups (broad SMARTS) is 1. The normalized spacial score (nSPS) is 10.6. The molecule has 0 saturated carbocycles. The summed E-state index contributed by atoms with van der Waals surface area (Å²) in [7, 11) is 1.57. The second kappa shape index (κ2) is 6.25. The summed E-state index contributed by atoms with van der Waals surface area (Å²) < 4.78 is 0. The summed E-state index contributed by atoms with van der Waals surface area (Å²) in [4.78, 5) is 37.5. The molecule has 0 saturated heterocycles. The molecule has 116 valence electrons. The molecule has 1 amide bonds. The average molecular weight is 305 g/mol. The first-order chi connectivity index (χ1) is 10.4. The second-order valence-electron chi connectivity index (χ2n) is 4.91. The third-order valence-corrected chi connectivity index (χ3v) is 3.34. The quantitative estimate of drug-likeness (QED) is 0.625. The molecule has 0 bridgehead atoms. The molecular formula is C14H15N3O5. The number of carboxylic acids is 1. The van der Waals surface area contributed by atoms with Gasteiger partial charge in [0.05, 0.1) is 10.5 Å². The Kier molecular flexibility index (Phi) is 4.40. The molecule has 1 aromatic heterocycles. The summed E-state index contributed by atoms with van der Waals surface area (Å²) in [6, 6.07) is 4.27. The first-order valence-electron chi connectivity index (χ1n) is 6.63. The smallest absolute Gasteiger partial charge is 0.303 e. The number of hydrogen-bond acceptors (Lipinski definition) is 4. The molecule has 0 unspecified atom stereocenters. The zero-order valence-corrected chi connectivity index (χ0v) is 11.9. The number of aromatic amines is 1. The molecule has 1 aromatic carbocycles. The minimum atomic E-state index is -0.913. The summed E-state index contributed by atoms with van der Waals surface area (Å²) in [5.74, 6) is -1.22. The van der Waals surface area contributed by atoms with Gasteiger partial charge in [0.1, 0.15) is 0 Å². The van der Waals surface area contributed by atoms with Gasteiger partial charge in [0, 0.05) is 49.2 Å². The number of H-pyrrole nitrogens is 1. The number of aliphatic carboxylic acids is 1. The van der Waals surface area contributed by atoms with Gasteiger partial charge in [0.2, 0.25) is 0 Å². The molecule has 1 heterocycles. The number of nitrogens with zero attached hydrogens (tertiary/aromatic N) is 2. The van der Waals surface area contributed by atoms with Crippen molar-refractivity contribution in [1.29, 1.82) is 0 Å². The van der Waals surface area contributed by atoms with Crippen LogP contribution in [0, 0.1) is 10.1 Å². The Labute approximate surface area is 125 Å². The Morgan fingerprint density at radius 2 is 2.14 bits per heavy atom. The number of hydrogen-bond donors (Lipinski definition) is 2. The highest BCUT2D eigenvalue weighted by Gasteiger charge is 2.18. The van der Waals surface area contributed by atoms with Crippen LogP contribution in [0.4, 0.5) is 5.69 Å². The molecule has 22 heavy (non-hydrogen) atoms. The van der Waals surface area contributed by atoms with E-state index in [1.165, 1.54) is 23.2 Å². The third kappa shape index (κ3) is 3.22. The number of nitro benzene ring substituents is 1. The zero-order chi connectivity index (χ0) is 16.3. The molecule has 0 atom stereocenters. The summed E-state index contributed by atoms with van der Waals surface area (Å²) in [5, 5.41) is 19.9. The predicted molar refractivity (Wildman–Crippen MR) is 78.8 cm³/mol. The van der Waals surface area contributed by atoms with Gasteiger partial charge in [-0.15, -0.1) is 0 Å². The maximum atomic E-state index is 12.4. The molecule has 8 heteroatoms. The van der Waals surface area contributed by atoms with Gasteiger partial charge >= 0.3 is 5.97 Å². The predicted octanol–water partition coefficient (Wildman–Crippen LogP) is 2.01. The highest BCUT2D eigenvalue weighted by molar-refractivity contribution is 6.07. The fourth-order valence-electron chi connectivity index (χ4n) is 2.17. The van der Waals surface area contributed by atoms with Gasteiger partial charge in [-0.2, -0.15) is 0 Å². The minimum Gasteiger partial charge on any atom is -0.481 e. The fraction of sp³-hybridized carbons (Fsp3) is 0.286. The fourth-order valence-corrected chi connectivity index (χ4v) is 2.17. The number of amides is 1. The molecular weight excluding hydrogens is 290 g/mol. The summed E-state index contributed by atoms with van der Waals surface area (Å²) in [6.07, 6.45) is 1.83. The van der Waals surface area contributed by atoms with E-state index in [1.807, 2.05) is 0 Å². The minimum absolute atomic E-state index is 0.0169.